The highest BCUT2D eigenvalue weighted by atomic mass is 35.5. The first-order valence-corrected chi connectivity index (χ1v) is 8.31. The van der Waals surface area contributed by atoms with Gasteiger partial charge in [0.05, 0.1) is 19.0 Å². The van der Waals surface area contributed by atoms with E-state index in [0.29, 0.717) is 46.8 Å². The molecule has 0 radical (unpaired) electrons. The second-order valence-corrected chi connectivity index (χ2v) is 5.84. The summed E-state index contributed by atoms with van der Waals surface area (Å²) < 4.78 is 18.9. The van der Waals surface area contributed by atoms with Crippen LogP contribution in [0.2, 0.25) is 5.02 Å². The molecule has 134 valence electrons. The minimum Gasteiger partial charge on any atom is -0.495 e. The summed E-state index contributed by atoms with van der Waals surface area (Å²) >= 11 is 6.02. The Kier molecular flexibility index (Phi) is 5.80. The van der Waals surface area contributed by atoms with Crippen molar-refractivity contribution in [3.8, 4) is 5.75 Å². The molecule has 6 nitrogen and oxygen atoms in total. The normalized spacial score (nSPS) is 10.4. The topological polar surface area (TPSA) is 72.0 Å². The van der Waals surface area contributed by atoms with E-state index >= 15 is 0 Å². The second kappa shape index (κ2) is 8.44. The van der Waals surface area contributed by atoms with Crippen LogP contribution in [0.5, 0.6) is 5.75 Å². The van der Waals surface area contributed by atoms with E-state index in [4.69, 9.17) is 16.3 Å². The number of rotatable bonds is 7. The first-order chi connectivity index (χ1) is 12.7. The van der Waals surface area contributed by atoms with Crippen molar-refractivity contribution in [1.29, 1.82) is 0 Å². The van der Waals surface area contributed by atoms with Crippen LogP contribution in [0.1, 0.15) is 5.56 Å². The van der Waals surface area contributed by atoms with E-state index in [1.54, 1.807) is 37.4 Å². The fourth-order valence-electron chi connectivity index (χ4n) is 2.37. The Morgan fingerprint density at radius 3 is 2.85 bits per heavy atom. The third-order valence-electron chi connectivity index (χ3n) is 3.63. The van der Waals surface area contributed by atoms with Crippen LogP contribution < -0.4 is 15.4 Å². The fourth-order valence-corrected chi connectivity index (χ4v) is 2.54. The molecule has 3 rings (SSSR count). The van der Waals surface area contributed by atoms with Crippen LogP contribution in [-0.2, 0) is 6.42 Å². The van der Waals surface area contributed by atoms with E-state index in [1.807, 2.05) is 6.07 Å². The van der Waals surface area contributed by atoms with Gasteiger partial charge in [-0.05, 0) is 36.2 Å². The van der Waals surface area contributed by atoms with Crippen LogP contribution in [-0.4, -0.2) is 28.8 Å². The van der Waals surface area contributed by atoms with Gasteiger partial charge in [-0.1, -0.05) is 29.8 Å². The van der Waals surface area contributed by atoms with Crippen molar-refractivity contribution in [2.45, 2.75) is 6.42 Å². The molecule has 0 amide bonds. The number of nitrogens with zero attached hydrogens (tertiary/aromatic N) is 3. The number of benzene rings is 2. The zero-order chi connectivity index (χ0) is 18.4. The molecule has 1 aromatic heterocycles. The van der Waals surface area contributed by atoms with Gasteiger partial charge in [-0.3, -0.25) is 0 Å². The number of aromatic nitrogens is 3. The van der Waals surface area contributed by atoms with Gasteiger partial charge in [-0.2, -0.15) is 10.1 Å². The summed E-state index contributed by atoms with van der Waals surface area (Å²) in [6.07, 6.45) is 2.03. The largest absolute Gasteiger partial charge is 0.495 e. The molecule has 0 aliphatic carbocycles. The van der Waals surface area contributed by atoms with Gasteiger partial charge in [-0.15, -0.1) is 5.10 Å². The third kappa shape index (κ3) is 4.58. The molecule has 26 heavy (non-hydrogen) atoms. The Labute approximate surface area is 155 Å². The van der Waals surface area contributed by atoms with Gasteiger partial charge in [0.15, 0.2) is 5.82 Å². The van der Waals surface area contributed by atoms with Gasteiger partial charge in [-0.25, -0.2) is 4.39 Å². The zero-order valence-electron chi connectivity index (χ0n) is 14.0. The maximum atomic E-state index is 13.6. The summed E-state index contributed by atoms with van der Waals surface area (Å²) in [5, 5.41) is 14.6. The molecule has 0 atom stereocenters. The summed E-state index contributed by atoms with van der Waals surface area (Å²) in [5.74, 6) is 1.21. The molecule has 0 spiro atoms. The SMILES string of the molecule is COc1ccc(Cl)cc1Nc1nncc(NCCc2ccccc2F)n1. The van der Waals surface area contributed by atoms with E-state index < -0.39 is 0 Å². The molecule has 2 N–H and O–H groups in total. The number of halogens is 2. The van der Waals surface area contributed by atoms with Crippen molar-refractivity contribution in [3.63, 3.8) is 0 Å². The van der Waals surface area contributed by atoms with Crippen LogP contribution in [0.3, 0.4) is 0 Å². The van der Waals surface area contributed by atoms with E-state index in [2.05, 4.69) is 25.8 Å². The van der Waals surface area contributed by atoms with Crippen LogP contribution in [0.25, 0.3) is 0 Å². The molecule has 0 unspecified atom stereocenters. The van der Waals surface area contributed by atoms with Crippen molar-refractivity contribution in [3.05, 3.63) is 65.1 Å². The second-order valence-electron chi connectivity index (χ2n) is 5.40. The quantitative estimate of drug-likeness (QED) is 0.650. The smallest absolute Gasteiger partial charge is 0.249 e. The van der Waals surface area contributed by atoms with Crippen LogP contribution >= 0.6 is 11.6 Å². The maximum absolute atomic E-state index is 13.6. The number of nitrogens with one attached hydrogen (secondary N) is 2. The fraction of sp³-hybridized carbons (Fsp3) is 0.167. The van der Waals surface area contributed by atoms with E-state index in [9.17, 15) is 4.39 Å². The Bertz CT molecular complexity index is 893. The summed E-state index contributed by atoms with van der Waals surface area (Å²) in [7, 11) is 1.56. The summed E-state index contributed by atoms with van der Waals surface area (Å²) in [6, 6.07) is 11.9. The lowest BCUT2D eigenvalue weighted by Crippen LogP contribution is -2.09. The van der Waals surface area contributed by atoms with E-state index in [0.717, 1.165) is 0 Å². The average molecular weight is 374 g/mol. The highest BCUT2D eigenvalue weighted by Gasteiger charge is 2.07. The lowest BCUT2D eigenvalue weighted by molar-refractivity contribution is 0.417. The predicted molar refractivity (Wildman–Crippen MR) is 99.7 cm³/mol. The molecule has 0 fully saturated rings. The van der Waals surface area contributed by atoms with Crippen LogP contribution in [0, 0.1) is 5.82 Å². The van der Waals surface area contributed by atoms with E-state index in [-0.39, 0.29) is 5.82 Å². The summed E-state index contributed by atoms with van der Waals surface area (Å²) in [5.41, 5.74) is 1.27. The van der Waals surface area contributed by atoms with Gasteiger partial charge in [0.2, 0.25) is 5.95 Å². The average Bonchev–Trinajstić information content (AvgIpc) is 2.64. The van der Waals surface area contributed by atoms with Crippen molar-refractivity contribution < 1.29 is 9.13 Å². The van der Waals surface area contributed by atoms with Gasteiger partial charge >= 0.3 is 0 Å². The Hall–Kier alpha value is -2.93. The van der Waals surface area contributed by atoms with Gasteiger partial charge in [0.25, 0.3) is 0 Å². The Morgan fingerprint density at radius 2 is 2.04 bits per heavy atom. The van der Waals surface area contributed by atoms with Crippen molar-refractivity contribution >= 4 is 29.1 Å². The lowest BCUT2D eigenvalue weighted by atomic mass is 10.1. The monoisotopic (exact) mass is 373 g/mol. The van der Waals surface area contributed by atoms with Crippen molar-refractivity contribution in [2.24, 2.45) is 0 Å². The summed E-state index contributed by atoms with van der Waals surface area (Å²) in [4.78, 5) is 4.34. The molecule has 0 aliphatic rings. The molecule has 3 aromatic rings. The van der Waals surface area contributed by atoms with Crippen molar-refractivity contribution in [2.75, 3.05) is 24.3 Å². The van der Waals surface area contributed by atoms with Gasteiger partial charge in [0.1, 0.15) is 11.6 Å². The van der Waals surface area contributed by atoms with E-state index in [1.165, 1.54) is 12.3 Å². The molecule has 0 bridgehead atoms. The van der Waals surface area contributed by atoms with Crippen LogP contribution in [0.4, 0.5) is 21.8 Å². The van der Waals surface area contributed by atoms with Gasteiger partial charge < -0.3 is 15.4 Å². The molecule has 0 saturated carbocycles. The molecule has 1 heterocycles. The Morgan fingerprint density at radius 1 is 1.19 bits per heavy atom. The Balaban J connectivity index is 1.65. The first-order valence-electron chi connectivity index (χ1n) is 7.93. The minimum atomic E-state index is -0.217. The zero-order valence-corrected chi connectivity index (χ0v) is 14.8. The summed E-state index contributed by atoms with van der Waals surface area (Å²) in [6.45, 7) is 0.513. The number of hydrogen-bond acceptors (Lipinski definition) is 6. The molecular weight excluding hydrogens is 357 g/mol. The number of hydrogen-bond donors (Lipinski definition) is 2. The standard InChI is InChI=1S/C18H17ClFN5O/c1-26-16-7-6-13(19)10-15(16)23-18-24-17(11-22-25-18)21-9-8-12-4-2-3-5-14(12)20/h2-7,10-11H,8-9H2,1H3,(H2,21,23,24,25). The van der Waals surface area contributed by atoms with Gasteiger partial charge in [0, 0.05) is 11.6 Å². The van der Waals surface area contributed by atoms with Crippen molar-refractivity contribution in [1.82, 2.24) is 15.2 Å². The molecule has 0 aliphatic heterocycles. The number of ether oxygens (including phenoxy) is 1. The molecular formula is C18H17ClFN5O. The predicted octanol–water partition coefficient (Wildman–Crippen LogP) is 4.07. The first kappa shape index (κ1) is 17.9. The maximum Gasteiger partial charge on any atom is 0.249 e. The lowest BCUT2D eigenvalue weighted by Gasteiger charge is -2.11. The van der Waals surface area contributed by atoms with Crippen LogP contribution in [0.15, 0.2) is 48.7 Å². The third-order valence-corrected chi connectivity index (χ3v) is 3.86. The number of methoxy groups -OCH3 is 1. The molecule has 0 saturated heterocycles. The highest BCUT2D eigenvalue weighted by molar-refractivity contribution is 6.30. The minimum absolute atomic E-state index is 0.217. The highest BCUT2D eigenvalue weighted by Crippen LogP contribution is 2.29. The molecule has 2 aromatic carbocycles. The molecule has 8 heteroatoms. The number of anilines is 3.